The molecule has 182 valence electrons. The Hall–Kier alpha value is -2.93. The van der Waals surface area contributed by atoms with E-state index in [0.29, 0.717) is 12.2 Å². The number of hydrogen-bond donors (Lipinski definition) is 1. The van der Waals surface area contributed by atoms with Gasteiger partial charge in [-0.3, -0.25) is 4.90 Å². The number of methoxy groups -OCH3 is 1. The maximum absolute atomic E-state index is 13.7. The molecule has 1 N–H and O–H groups in total. The van der Waals surface area contributed by atoms with Crippen LogP contribution in [0, 0.1) is 5.92 Å². The Balaban J connectivity index is 0.00000289. The number of hydrogen-bond acceptors (Lipinski definition) is 4. The van der Waals surface area contributed by atoms with Crippen molar-refractivity contribution in [3.63, 3.8) is 0 Å². The molecule has 5 nitrogen and oxygen atoms in total. The number of benzene rings is 2. The second kappa shape index (κ2) is 9.37. The highest BCUT2D eigenvalue weighted by Gasteiger charge is 2.38. The van der Waals surface area contributed by atoms with Gasteiger partial charge in [0.2, 0.25) is 0 Å². The number of aromatic amines is 1. The fourth-order valence-corrected chi connectivity index (χ4v) is 5.70. The van der Waals surface area contributed by atoms with Crippen LogP contribution in [0.15, 0.2) is 42.5 Å². The molecule has 2 atom stereocenters. The standard InChI is InChI=1S/C27H31F2N3O2.H2/c1-17-13-22-20-5-3-4-6-23(20)30-26(22)27(32(17)15-25(28)29)21-8-7-19(14-24(21)34-2)31-11-9-18(16-33)10-12-31;/h3-8,14,16-18,25,27,30H,9-13,15H2,1-2H3;1H/t17-,27-;/m1./s1. The molecule has 5 rings (SSSR count). The summed E-state index contributed by atoms with van der Waals surface area (Å²) in [6.45, 7) is 3.36. The normalized spacial score (nSPS) is 21.7. The highest BCUT2D eigenvalue weighted by molar-refractivity contribution is 5.85. The van der Waals surface area contributed by atoms with Gasteiger partial charge in [0.25, 0.3) is 6.43 Å². The van der Waals surface area contributed by atoms with E-state index >= 15 is 0 Å². The first-order valence-corrected chi connectivity index (χ1v) is 12.0. The van der Waals surface area contributed by atoms with Crippen LogP contribution in [-0.2, 0) is 11.2 Å². The van der Waals surface area contributed by atoms with Crippen LogP contribution in [0.25, 0.3) is 10.9 Å². The molecule has 0 radical (unpaired) electrons. The van der Waals surface area contributed by atoms with E-state index in [1.165, 1.54) is 5.56 Å². The number of nitrogens with one attached hydrogen (secondary N) is 1. The number of halogens is 2. The third kappa shape index (κ3) is 4.06. The molecule has 0 saturated carbocycles. The number of para-hydroxylation sites is 1. The maximum Gasteiger partial charge on any atom is 0.251 e. The maximum atomic E-state index is 13.7. The molecule has 2 aromatic carbocycles. The lowest BCUT2D eigenvalue weighted by Crippen LogP contribution is -2.45. The Bertz CT molecular complexity index is 1180. The molecule has 3 aromatic rings. The fraction of sp³-hybridized carbons (Fsp3) is 0.444. The average Bonchev–Trinajstić information content (AvgIpc) is 3.22. The van der Waals surface area contributed by atoms with Crippen LogP contribution >= 0.6 is 0 Å². The quantitative estimate of drug-likeness (QED) is 0.489. The largest absolute Gasteiger partial charge is 0.496 e. The van der Waals surface area contributed by atoms with Crippen molar-refractivity contribution in [1.82, 2.24) is 9.88 Å². The second-order valence-corrected chi connectivity index (χ2v) is 9.49. The van der Waals surface area contributed by atoms with Crippen LogP contribution in [0.2, 0.25) is 0 Å². The van der Waals surface area contributed by atoms with Crippen molar-refractivity contribution in [3.8, 4) is 5.75 Å². The zero-order valence-corrected chi connectivity index (χ0v) is 19.6. The van der Waals surface area contributed by atoms with Crippen molar-refractivity contribution in [2.24, 2.45) is 5.92 Å². The van der Waals surface area contributed by atoms with Gasteiger partial charge in [-0.2, -0.15) is 0 Å². The van der Waals surface area contributed by atoms with Gasteiger partial charge in [0.15, 0.2) is 0 Å². The van der Waals surface area contributed by atoms with Gasteiger partial charge >= 0.3 is 0 Å². The van der Waals surface area contributed by atoms with Crippen LogP contribution in [0.4, 0.5) is 14.5 Å². The summed E-state index contributed by atoms with van der Waals surface area (Å²) in [5.74, 6) is 0.822. The molecule has 34 heavy (non-hydrogen) atoms. The fourth-order valence-electron chi connectivity index (χ4n) is 5.70. The number of nitrogens with zero attached hydrogens (tertiary/aromatic N) is 2. The monoisotopic (exact) mass is 469 g/mol. The van der Waals surface area contributed by atoms with E-state index in [9.17, 15) is 13.6 Å². The summed E-state index contributed by atoms with van der Waals surface area (Å²) in [4.78, 5) is 18.8. The first-order valence-electron chi connectivity index (χ1n) is 12.0. The van der Waals surface area contributed by atoms with Crippen molar-refractivity contribution in [3.05, 3.63) is 59.3 Å². The number of rotatable bonds is 6. The van der Waals surface area contributed by atoms with Gasteiger partial charge in [-0.1, -0.05) is 24.3 Å². The van der Waals surface area contributed by atoms with Crippen LogP contribution < -0.4 is 9.64 Å². The van der Waals surface area contributed by atoms with Crippen LogP contribution in [-0.4, -0.2) is 55.4 Å². The minimum atomic E-state index is -2.43. The van der Waals surface area contributed by atoms with Gasteiger partial charge in [-0.15, -0.1) is 0 Å². The minimum Gasteiger partial charge on any atom is -0.496 e. The van der Waals surface area contributed by atoms with Crippen LogP contribution in [0.1, 0.15) is 44.1 Å². The number of anilines is 1. The molecular formula is C27H33F2N3O2. The van der Waals surface area contributed by atoms with Gasteiger partial charge in [0.05, 0.1) is 19.7 Å². The van der Waals surface area contributed by atoms with Crippen LogP contribution in [0.5, 0.6) is 5.75 Å². The SMILES string of the molecule is COc1cc(N2CCC(C=O)CC2)ccc1[C@@H]1c2[nH]c3ccccc3c2C[C@@H](C)N1CC(F)F.[HH]. The Morgan fingerprint density at radius 2 is 1.97 bits per heavy atom. The number of piperidine rings is 1. The molecule has 1 saturated heterocycles. The number of ether oxygens (including phenoxy) is 1. The Labute approximate surface area is 200 Å². The van der Waals surface area contributed by atoms with Crippen molar-refractivity contribution in [2.45, 2.75) is 44.7 Å². The number of aromatic nitrogens is 1. The number of alkyl halides is 2. The second-order valence-electron chi connectivity index (χ2n) is 9.49. The predicted octanol–water partition coefficient (Wildman–Crippen LogP) is 5.44. The number of carbonyl (C=O) groups excluding carboxylic acids is 1. The van der Waals surface area contributed by atoms with Crippen LogP contribution in [0.3, 0.4) is 0 Å². The molecule has 2 aliphatic heterocycles. The van der Waals surface area contributed by atoms with Crippen molar-refractivity contribution >= 4 is 22.9 Å². The molecule has 2 aliphatic rings. The highest BCUT2D eigenvalue weighted by Crippen LogP contribution is 2.44. The molecule has 1 fully saturated rings. The Morgan fingerprint density at radius 1 is 1.21 bits per heavy atom. The van der Waals surface area contributed by atoms with E-state index < -0.39 is 6.43 Å². The minimum absolute atomic E-state index is 0. The molecule has 0 unspecified atom stereocenters. The predicted molar refractivity (Wildman–Crippen MR) is 132 cm³/mol. The zero-order chi connectivity index (χ0) is 23.8. The first kappa shape index (κ1) is 22.8. The van der Waals surface area contributed by atoms with Crippen molar-refractivity contribution < 1.29 is 19.7 Å². The first-order chi connectivity index (χ1) is 16.5. The molecule has 0 bridgehead atoms. The van der Waals surface area contributed by atoms with Gasteiger partial charge in [0.1, 0.15) is 12.0 Å². The summed E-state index contributed by atoms with van der Waals surface area (Å²) < 4.78 is 33.2. The third-order valence-electron chi connectivity index (χ3n) is 7.48. The number of aldehydes is 1. The van der Waals surface area contributed by atoms with E-state index in [2.05, 4.69) is 22.0 Å². The van der Waals surface area contributed by atoms with Gasteiger partial charge in [-0.25, -0.2) is 8.78 Å². The molecule has 0 aliphatic carbocycles. The summed E-state index contributed by atoms with van der Waals surface area (Å²) in [5.41, 5.74) is 5.11. The van der Waals surface area contributed by atoms with E-state index in [1.807, 2.05) is 42.2 Å². The third-order valence-corrected chi connectivity index (χ3v) is 7.48. The summed E-state index contributed by atoms with van der Waals surface area (Å²) in [5, 5.41) is 1.15. The molecule has 7 heteroatoms. The summed E-state index contributed by atoms with van der Waals surface area (Å²) in [6.07, 6.45) is 1.03. The van der Waals surface area contributed by atoms with Crippen molar-refractivity contribution in [2.75, 3.05) is 31.6 Å². The number of carbonyl (C=O) groups is 1. The van der Waals surface area contributed by atoms with Gasteiger partial charge < -0.3 is 19.4 Å². The molecular weight excluding hydrogens is 436 g/mol. The van der Waals surface area contributed by atoms with Crippen molar-refractivity contribution in [1.29, 1.82) is 0 Å². The van der Waals surface area contributed by atoms with E-state index in [1.54, 1.807) is 7.11 Å². The van der Waals surface area contributed by atoms with E-state index in [0.717, 1.165) is 60.1 Å². The summed E-state index contributed by atoms with van der Waals surface area (Å²) in [7, 11) is 1.64. The summed E-state index contributed by atoms with van der Waals surface area (Å²) >= 11 is 0. The molecule has 1 aromatic heterocycles. The lowest BCUT2D eigenvalue weighted by molar-refractivity contribution is -0.111. The average molecular weight is 470 g/mol. The zero-order valence-electron chi connectivity index (χ0n) is 19.6. The topological polar surface area (TPSA) is 48.6 Å². The smallest absolute Gasteiger partial charge is 0.251 e. The Morgan fingerprint density at radius 3 is 2.68 bits per heavy atom. The molecule has 0 spiro atoms. The van der Waals surface area contributed by atoms with E-state index in [-0.39, 0.29) is 26.0 Å². The van der Waals surface area contributed by atoms with Gasteiger partial charge in [0, 0.05) is 60.4 Å². The Kier molecular flexibility index (Phi) is 6.30. The number of fused-ring (bicyclic) bond motifs is 3. The number of H-pyrrole nitrogens is 1. The van der Waals surface area contributed by atoms with E-state index in [4.69, 9.17) is 4.74 Å². The lowest BCUT2D eigenvalue weighted by Gasteiger charge is -2.41. The lowest BCUT2D eigenvalue weighted by atomic mass is 9.88. The highest BCUT2D eigenvalue weighted by atomic mass is 19.3. The molecule has 0 amide bonds. The molecule has 3 heterocycles. The summed E-state index contributed by atoms with van der Waals surface area (Å²) in [6, 6.07) is 13.8. The van der Waals surface area contributed by atoms with Gasteiger partial charge in [-0.05, 0) is 43.9 Å².